The number of rotatable bonds is 7. The Hall–Kier alpha value is -2.74. The molecule has 0 aliphatic heterocycles. The predicted molar refractivity (Wildman–Crippen MR) is 97.5 cm³/mol. The highest BCUT2D eigenvalue weighted by Crippen LogP contribution is 2.22. The minimum Gasteiger partial charge on any atom is -0.456 e. The summed E-state index contributed by atoms with van der Waals surface area (Å²) in [5.74, 6) is -0.605. The second-order valence-corrected chi connectivity index (χ2v) is 6.07. The van der Waals surface area contributed by atoms with Crippen molar-refractivity contribution in [3.8, 4) is 0 Å². The van der Waals surface area contributed by atoms with Gasteiger partial charge in [0.25, 0.3) is 0 Å². The first-order valence-electron chi connectivity index (χ1n) is 8.32. The third-order valence-electron chi connectivity index (χ3n) is 4.31. The topological polar surface area (TPSA) is 124 Å². The molecule has 136 valence electrons. The van der Waals surface area contributed by atoms with E-state index in [1.807, 2.05) is 17.0 Å². The minimum atomic E-state index is -0.605. The molecule has 0 radical (unpaired) electrons. The van der Waals surface area contributed by atoms with E-state index < -0.39 is 5.91 Å². The van der Waals surface area contributed by atoms with Crippen molar-refractivity contribution in [3.05, 3.63) is 52.9 Å². The molecule has 0 aliphatic carbocycles. The van der Waals surface area contributed by atoms with Gasteiger partial charge >= 0.3 is 0 Å². The molecule has 0 saturated carbocycles. The lowest BCUT2D eigenvalue weighted by Gasteiger charge is -2.20. The Bertz CT molecular complexity index is 1010. The summed E-state index contributed by atoms with van der Waals surface area (Å²) in [5.41, 5.74) is 7.59. The van der Waals surface area contributed by atoms with Crippen molar-refractivity contribution < 1.29 is 19.4 Å². The van der Waals surface area contributed by atoms with Crippen LogP contribution in [0.1, 0.15) is 15.9 Å². The van der Waals surface area contributed by atoms with E-state index in [1.54, 1.807) is 24.3 Å². The van der Waals surface area contributed by atoms with Gasteiger partial charge in [-0.15, -0.1) is 0 Å². The molecule has 0 aliphatic rings. The molecular weight excluding hydrogens is 334 g/mol. The molecule has 5 N–H and O–H groups in total. The highest BCUT2D eigenvalue weighted by molar-refractivity contribution is 6.06. The van der Waals surface area contributed by atoms with E-state index in [1.165, 1.54) is 0 Å². The molecule has 0 unspecified atom stereocenters. The molecule has 1 aromatic heterocycles. The van der Waals surface area contributed by atoms with Crippen LogP contribution in [0.4, 0.5) is 0 Å². The highest BCUT2D eigenvalue weighted by Gasteiger charge is 2.13. The van der Waals surface area contributed by atoms with E-state index in [4.69, 9.17) is 25.8 Å². The molecule has 0 fully saturated rings. The lowest BCUT2D eigenvalue weighted by atomic mass is 10.0. The monoisotopic (exact) mass is 355 g/mol. The van der Waals surface area contributed by atoms with Crippen LogP contribution in [0, 0.1) is 5.41 Å². The van der Waals surface area contributed by atoms with Gasteiger partial charge in [0.2, 0.25) is 5.91 Å². The van der Waals surface area contributed by atoms with Crippen LogP contribution in [0.25, 0.3) is 21.9 Å². The Balaban J connectivity index is 2.12. The van der Waals surface area contributed by atoms with Crippen LogP contribution in [0.15, 0.2) is 40.8 Å². The maximum absolute atomic E-state index is 11.7. The van der Waals surface area contributed by atoms with Crippen LogP contribution >= 0.6 is 0 Å². The van der Waals surface area contributed by atoms with E-state index in [-0.39, 0.29) is 24.1 Å². The summed E-state index contributed by atoms with van der Waals surface area (Å²) in [4.78, 5) is 13.6. The van der Waals surface area contributed by atoms with Gasteiger partial charge in [-0.05, 0) is 29.8 Å². The molecule has 0 saturated heterocycles. The van der Waals surface area contributed by atoms with Gasteiger partial charge in [-0.1, -0.05) is 12.1 Å². The number of benzene rings is 2. The number of nitrogens with zero attached hydrogens (tertiary/aromatic N) is 1. The van der Waals surface area contributed by atoms with Gasteiger partial charge in [0.05, 0.1) is 29.5 Å². The fraction of sp³-hybridized carbons (Fsp3) is 0.263. The van der Waals surface area contributed by atoms with Crippen LogP contribution in [-0.4, -0.2) is 47.3 Å². The predicted octanol–water partition coefficient (Wildman–Crippen LogP) is 0.951. The number of carbonyl (C=O) groups excluding carboxylic acids is 1. The molecular formula is C19H21N3O4. The third kappa shape index (κ3) is 3.45. The normalized spacial score (nSPS) is 11.5. The van der Waals surface area contributed by atoms with E-state index in [0.29, 0.717) is 41.6 Å². The molecule has 3 aromatic rings. The van der Waals surface area contributed by atoms with Gasteiger partial charge in [0.1, 0.15) is 11.2 Å². The molecule has 3 rings (SSSR count). The van der Waals surface area contributed by atoms with Crippen molar-refractivity contribution in [2.45, 2.75) is 6.54 Å². The maximum atomic E-state index is 11.7. The number of aliphatic hydroxyl groups is 2. The number of carbonyl (C=O) groups is 1. The second kappa shape index (κ2) is 7.65. The van der Waals surface area contributed by atoms with Crippen LogP contribution in [0.2, 0.25) is 0 Å². The average molecular weight is 355 g/mol. The van der Waals surface area contributed by atoms with Crippen molar-refractivity contribution in [1.82, 2.24) is 4.90 Å². The van der Waals surface area contributed by atoms with Gasteiger partial charge in [0.15, 0.2) is 0 Å². The van der Waals surface area contributed by atoms with E-state index in [2.05, 4.69) is 0 Å². The summed E-state index contributed by atoms with van der Waals surface area (Å²) in [6, 6.07) is 10.5. The maximum Gasteiger partial charge on any atom is 0.249 e. The fourth-order valence-corrected chi connectivity index (χ4v) is 3.10. The number of aliphatic hydroxyl groups excluding tert-OH is 2. The van der Waals surface area contributed by atoms with Gasteiger partial charge in [-0.3, -0.25) is 15.1 Å². The minimum absolute atomic E-state index is 0.000776. The fourth-order valence-electron chi connectivity index (χ4n) is 3.10. The number of hydrogen-bond acceptors (Lipinski definition) is 6. The van der Waals surface area contributed by atoms with Crippen molar-refractivity contribution in [1.29, 1.82) is 5.41 Å². The number of amides is 1. The lowest BCUT2D eigenvalue weighted by Crippen LogP contribution is -2.29. The largest absolute Gasteiger partial charge is 0.456 e. The second-order valence-electron chi connectivity index (χ2n) is 6.07. The molecule has 7 nitrogen and oxygen atoms in total. The molecule has 26 heavy (non-hydrogen) atoms. The van der Waals surface area contributed by atoms with Crippen LogP contribution in [0.3, 0.4) is 0 Å². The van der Waals surface area contributed by atoms with Gasteiger partial charge < -0.3 is 20.4 Å². The quantitative estimate of drug-likeness (QED) is 0.470. The van der Waals surface area contributed by atoms with Crippen molar-refractivity contribution >= 4 is 27.8 Å². The van der Waals surface area contributed by atoms with E-state index in [9.17, 15) is 4.79 Å². The lowest BCUT2D eigenvalue weighted by molar-refractivity contribution is 0.100. The molecule has 7 heteroatoms. The van der Waals surface area contributed by atoms with Gasteiger partial charge in [0, 0.05) is 25.0 Å². The summed E-state index contributed by atoms with van der Waals surface area (Å²) in [6.45, 7) is 1.41. The zero-order valence-corrected chi connectivity index (χ0v) is 14.2. The van der Waals surface area contributed by atoms with Crippen molar-refractivity contribution in [3.63, 3.8) is 0 Å². The molecule has 2 aromatic carbocycles. The Morgan fingerprint density at radius 2 is 1.85 bits per heavy atom. The first-order valence-corrected chi connectivity index (χ1v) is 8.32. The highest BCUT2D eigenvalue weighted by atomic mass is 16.3. The average Bonchev–Trinajstić information content (AvgIpc) is 2.62. The number of primary amides is 1. The molecule has 1 heterocycles. The summed E-state index contributed by atoms with van der Waals surface area (Å²) in [5, 5.41) is 28.0. The zero-order valence-electron chi connectivity index (χ0n) is 14.2. The summed E-state index contributed by atoms with van der Waals surface area (Å²) < 4.78 is 5.85. The molecule has 0 bridgehead atoms. The SMILES string of the molecule is N=c1c2cc(CN(CCO)CCO)ccc2oc2cccc(C(N)=O)c12. The van der Waals surface area contributed by atoms with Crippen molar-refractivity contribution in [2.24, 2.45) is 5.73 Å². The number of nitrogens with one attached hydrogen (secondary N) is 1. The van der Waals surface area contributed by atoms with Crippen LogP contribution in [-0.2, 0) is 6.54 Å². The van der Waals surface area contributed by atoms with E-state index >= 15 is 0 Å². The van der Waals surface area contributed by atoms with E-state index in [0.717, 1.165) is 5.56 Å². The first kappa shape index (κ1) is 18.1. The van der Waals surface area contributed by atoms with Crippen molar-refractivity contribution in [2.75, 3.05) is 26.3 Å². The van der Waals surface area contributed by atoms with Gasteiger partial charge in [-0.25, -0.2) is 0 Å². The number of fused-ring (bicyclic) bond motifs is 2. The number of nitrogens with two attached hydrogens (primary N) is 1. The third-order valence-corrected chi connectivity index (χ3v) is 4.31. The van der Waals surface area contributed by atoms with Gasteiger partial charge in [-0.2, -0.15) is 0 Å². The smallest absolute Gasteiger partial charge is 0.249 e. The standard InChI is InChI=1S/C19H21N3O4/c20-18-14-10-12(11-22(6-8-23)7-9-24)4-5-15(14)26-16-3-1-2-13(17(16)18)19(21)25/h1-5,10,20,23-24H,6-9,11H2,(H2,21,25). The first-order chi connectivity index (χ1) is 12.5. The van der Waals surface area contributed by atoms with Crippen LogP contribution in [0.5, 0.6) is 0 Å². The molecule has 0 spiro atoms. The summed E-state index contributed by atoms with van der Waals surface area (Å²) in [7, 11) is 0. The molecule has 0 atom stereocenters. The van der Waals surface area contributed by atoms with Crippen LogP contribution < -0.4 is 11.1 Å². The molecule has 1 amide bonds. The Morgan fingerprint density at radius 1 is 1.12 bits per heavy atom. The zero-order chi connectivity index (χ0) is 18.7. The number of hydrogen-bond donors (Lipinski definition) is 4. The Kier molecular flexibility index (Phi) is 5.32. The summed E-state index contributed by atoms with van der Waals surface area (Å²) >= 11 is 0. The Morgan fingerprint density at radius 3 is 2.50 bits per heavy atom. The summed E-state index contributed by atoms with van der Waals surface area (Å²) in [6.07, 6.45) is 0. The Labute approximate surface area is 149 Å².